The van der Waals surface area contributed by atoms with Crippen LogP contribution < -0.4 is 16.0 Å². The number of hydrogen-bond acceptors (Lipinski definition) is 9. The Kier molecular flexibility index (Phi) is 7.54. The molecule has 0 saturated carbocycles. The normalized spacial score (nSPS) is 17.5. The van der Waals surface area contributed by atoms with Crippen molar-refractivity contribution in [2.24, 2.45) is 0 Å². The molecule has 4 rings (SSSR count). The predicted molar refractivity (Wildman–Crippen MR) is 134 cm³/mol. The molecule has 0 unspecified atom stereocenters. The van der Waals surface area contributed by atoms with Gasteiger partial charge in [0.2, 0.25) is 0 Å². The van der Waals surface area contributed by atoms with Crippen molar-refractivity contribution >= 4 is 23.4 Å². The minimum absolute atomic E-state index is 0.0267. The molecular formula is C25H29FN8O3. The number of halogens is 1. The summed E-state index contributed by atoms with van der Waals surface area (Å²) in [6.07, 6.45) is 6.71. The molecule has 1 saturated heterocycles. The van der Waals surface area contributed by atoms with Gasteiger partial charge in [-0.05, 0) is 51.8 Å². The third kappa shape index (κ3) is 6.71. The highest BCUT2D eigenvalue weighted by Gasteiger charge is 2.30. The summed E-state index contributed by atoms with van der Waals surface area (Å²) < 4.78 is 27.5. The smallest absolute Gasteiger partial charge is 0.408 e. The van der Waals surface area contributed by atoms with E-state index < -0.39 is 23.6 Å². The molecule has 4 heterocycles. The molecule has 0 radical (unpaired) electrons. The number of nitrogens with one attached hydrogen (secondary N) is 3. The zero-order valence-electron chi connectivity index (χ0n) is 21.1. The van der Waals surface area contributed by atoms with Crippen LogP contribution in [-0.2, 0) is 9.47 Å². The zero-order valence-corrected chi connectivity index (χ0v) is 21.1. The van der Waals surface area contributed by atoms with E-state index in [0.29, 0.717) is 24.4 Å². The number of pyridine rings is 2. The van der Waals surface area contributed by atoms with Crippen LogP contribution in [0.2, 0.25) is 0 Å². The van der Waals surface area contributed by atoms with Gasteiger partial charge in [-0.2, -0.15) is 10.4 Å². The van der Waals surface area contributed by atoms with Crippen molar-refractivity contribution in [3.63, 3.8) is 0 Å². The minimum Gasteiger partial charge on any atom is -0.444 e. The van der Waals surface area contributed by atoms with Crippen LogP contribution in [-0.4, -0.2) is 56.7 Å². The SMILES string of the molecule is Cc1cnn(-c2cncc(Nc3nc(N[C@@H]4CCOC[C@@H]4NC(=O)OC(C)(C)C)c(F)cc3C#N)c2)c1. The molecule has 12 heteroatoms. The standard InChI is InChI=1S/C25H29FN8O3/c1-15-10-29-34(13-15)18-8-17(11-28-12-18)30-22-16(9-27)7-19(26)23(33-22)31-20-5-6-36-14-21(20)32-24(35)37-25(2,3)4/h7-8,10-13,20-21H,5-6,14H2,1-4H3,(H,32,35)(H2,30,31,33)/t20-,21+/m1/s1. The Bertz CT molecular complexity index is 1310. The summed E-state index contributed by atoms with van der Waals surface area (Å²) in [6, 6.07) is 4.02. The van der Waals surface area contributed by atoms with E-state index in [9.17, 15) is 14.4 Å². The number of rotatable bonds is 6. The highest BCUT2D eigenvalue weighted by Crippen LogP contribution is 2.26. The summed E-state index contributed by atoms with van der Waals surface area (Å²) in [5.74, 6) is -0.592. The summed E-state index contributed by atoms with van der Waals surface area (Å²) in [5.41, 5.74) is 1.61. The molecule has 11 nitrogen and oxygen atoms in total. The van der Waals surface area contributed by atoms with Crippen molar-refractivity contribution in [1.82, 2.24) is 25.1 Å². The third-order valence-electron chi connectivity index (χ3n) is 5.44. The second-order valence-electron chi connectivity index (χ2n) is 9.71. The molecule has 37 heavy (non-hydrogen) atoms. The molecular weight excluding hydrogens is 479 g/mol. The van der Waals surface area contributed by atoms with Gasteiger partial charge in [-0.1, -0.05) is 0 Å². The maximum absolute atomic E-state index is 14.9. The van der Waals surface area contributed by atoms with Gasteiger partial charge in [-0.3, -0.25) is 4.98 Å². The molecule has 0 aromatic carbocycles. The molecule has 194 valence electrons. The molecule has 1 aliphatic rings. The molecule has 2 atom stereocenters. The molecule has 0 spiro atoms. The topological polar surface area (TPSA) is 139 Å². The van der Waals surface area contributed by atoms with Crippen LogP contribution in [0.25, 0.3) is 5.69 Å². The van der Waals surface area contributed by atoms with Gasteiger partial charge in [0, 0.05) is 12.8 Å². The van der Waals surface area contributed by atoms with Crippen LogP contribution in [0.3, 0.4) is 0 Å². The van der Waals surface area contributed by atoms with E-state index >= 15 is 0 Å². The van der Waals surface area contributed by atoms with Gasteiger partial charge in [0.05, 0.1) is 54.2 Å². The second-order valence-corrected chi connectivity index (χ2v) is 9.71. The molecule has 3 aromatic rings. The number of aryl methyl sites for hydroxylation is 1. The predicted octanol–water partition coefficient (Wildman–Crippen LogP) is 3.82. The highest BCUT2D eigenvalue weighted by molar-refractivity contribution is 5.69. The van der Waals surface area contributed by atoms with Crippen molar-refractivity contribution in [3.05, 3.63) is 53.9 Å². The summed E-state index contributed by atoms with van der Waals surface area (Å²) in [4.78, 5) is 20.9. The Labute approximate surface area is 214 Å². The first-order chi connectivity index (χ1) is 17.6. The van der Waals surface area contributed by atoms with Crippen LogP contribution in [0, 0.1) is 24.1 Å². The monoisotopic (exact) mass is 508 g/mol. The first-order valence-electron chi connectivity index (χ1n) is 11.8. The van der Waals surface area contributed by atoms with Gasteiger partial charge in [-0.25, -0.2) is 18.9 Å². The Morgan fingerprint density at radius 2 is 2.05 bits per heavy atom. The van der Waals surface area contributed by atoms with Gasteiger partial charge in [0.15, 0.2) is 17.5 Å². The molecule has 1 amide bonds. The lowest BCUT2D eigenvalue weighted by molar-refractivity contribution is 0.0317. The Morgan fingerprint density at radius 1 is 1.24 bits per heavy atom. The van der Waals surface area contributed by atoms with E-state index in [-0.39, 0.29) is 29.8 Å². The van der Waals surface area contributed by atoms with Gasteiger partial charge < -0.3 is 25.4 Å². The van der Waals surface area contributed by atoms with E-state index in [0.717, 1.165) is 11.6 Å². The molecule has 3 N–H and O–H groups in total. The third-order valence-corrected chi connectivity index (χ3v) is 5.44. The van der Waals surface area contributed by atoms with Crippen LogP contribution in [0.1, 0.15) is 38.3 Å². The number of ether oxygens (including phenoxy) is 2. The largest absolute Gasteiger partial charge is 0.444 e. The van der Waals surface area contributed by atoms with Crippen LogP contribution in [0.4, 0.5) is 26.5 Å². The fourth-order valence-electron chi connectivity index (χ4n) is 3.77. The van der Waals surface area contributed by atoms with E-state index in [4.69, 9.17) is 9.47 Å². The van der Waals surface area contributed by atoms with E-state index in [1.54, 1.807) is 50.1 Å². The molecule has 0 aliphatic carbocycles. The number of hydrogen-bond donors (Lipinski definition) is 3. The lowest BCUT2D eigenvalue weighted by Gasteiger charge is -2.33. The van der Waals surface area contributed by atoms with Gasteiger partial charge in [0.25, 0.3) is 0 Å². The average Bonchev–Trinajstić information content (AvgIpc) is 3.27. The van der Waals surface area contributed by atoms with Crippen molar-refractivity contribution < 1.29 is 18.7 Å². The summed E-state index contributed by atoms with van der Waals surface area (Å²) in [6.45, 7) is 7.90. The fourth-order valence-corrected chi connectivity index (χ4v) is 3.77. The maximum atomic E-state index is 14.9. The quantitative estimate of drug-likeness (QED) is 0.453. The van der Waals surface area contributed by atoms with E-state index in [1.807, 2.05) is 19.2 Å². The van der Waals surface area contributed by atoms with Crippen molar-refractivity contribution in [3.8, 4) is 11.8 Å². The maximum Gasteiger partial charge on any atom is 0.408 e. The average molecular weight is 509 g/mol. The Balaban J connectivity index is 1.54. The number of nitriles is 1. The molecule has 0 bridgehead atoms. The number of aromatic nitrogens is 4. The zero-order chi connectivity index (χ0) is 26.6. The number of alkyl carbamates (subject to hydrolysis) is 1. The van der Waals surface area contributed by atoms with E-state index in [2.05, 4.69) is 31.0 Å². The van der Waals surface area contributed by atoms with Crippen LogP contribution in [0.5, 0.6) is 0 Å². The van der Waals surface area contributed by atoms with Crippen molar-refractivity contribution in [1.29, 1.82) is 5.26 Å². The molecule has 3 aromatic heterocycles. The number of amides is 1. The number of anilines is 3. The first-order valence-corrected chi connectivity index (χ1v) is 11.8. The number of carbonyl (C=O) groups is 1. The van der Waals surface area contributed by atoms with Crippen LogP contribution >= 0.6 is 0 Å². The summed E-state index contributed by atoms with van der Waals surface area (Å²) >= 11 is 0. The van der Waals surface area contributed by atoms with Gasteiger partial charge in [0.1, 0.15) is 11.7 Å². The van der Waals surface area contributed by atoms with Gasteiger partial charge >= 0.3 is 6.09 Å². The highest BCUT2D eigenvalue weighted by atomic mass is 19.1. The van der Waals surface area contributed by atoms with Crippen LogP contribution in [0.15, 0.2) is 36.9 Å². The van der Waals surface area contributed by atoms with Gasteiger partial charge in [-0.15, -0.1) is 0 Å². The number of nitrogens with zero attached hydrogens (tertiary/aromatic N) is 5. The second kappa shape index (κ2) is 10.8. The Morgan fingerprint density at radius 3 is 2.76 bits per heavy atom. The lowest BCUT2D eigenvalue weighted by atomic mass is 10.0. The fraction of sp³-hybridized carbons (Fsp3) is 0.400. The van der Waals surface area contributed by atoms with Crippen molar-refractivity contribution in [2.45, 2.75) is 51.8 Å². The lowest BCUT2D eigenvalue weighted by Crippen LogP contribution is -2.53. The number of carbonyl (C=O) groups excluding carboxylic acids is 1. The van der Waals surface area contributed by atoms with E-state index in [1.165, 1.54) is 0 Å². The summed E-state index contributed by atoms with van der Waals surface area (Å²) in [7, 11) is 0. The van der Waals surface area contributed by atoms with Crippen molar-refractivity contribution in [2.75, 3.05) is 23.8 Å². The molecule has 1 aliphatic heterocycles. The first kappa shape index (κ1) is 25.8. The molecule has 1 fully saturated rings. The Hall–Kier alpha value is -4.24. The summed E-state index contributed by atoms with van der Waals surface area (Å²) in [5, 5.41) is 22.8. The minimum atomic E-state index is -0.691.